The number of likely N-dealkylation sites (tertiary alicyclic amines) is 1. The van der Waals surface area contributed by atoms with E-state index in [-0.39, 0.29) is 5.91 Å². The minimum Gasteiger partial charge on any atom is -0.326 e. The van der Waals surface area contributed by atoms with E-state index in [1.165, 1.54) is 57.7 Å². The molecule has 2 aliphatic rings. The van der Waals surface area contributed by atoms with Gasteiger partial charge in [0.2, 0.25) is 5.91 Å². The quantitative estimate of drug-likeness (QED) is 0.878. The first-order valence-corrected chi connectivity index (χ1v) is 10.0. The van der Waals surface area contributed by atoms with Crippen LogP contribution in [-0.4, -0.2) is 73.0 Å². The standard InChI is InChI=1S/C21H34N4O/c1-17(25-14-12-23(3)13-15-25)20-8-10-24(11-9-20)16-19-4-6-21(7-5-19)22-18(2)26/h4-7,17,20H,8-16H2,1-3H3,(H,22,26)/t17-/m0/s1. The van der Waals surface area contributed by atoms with Crippen LogP contribution in [0.5, 0.6) is 0 Å². The summed E-state index contributed by atoms with van der Waals surface area (Å²) < 4.78 is 0. The van der Waals surface area contributed by atoms with Crippen molar-refractivity contribution in [2.75, 3.05) is 51.6 Å². The Balaban J connectivity index is 1.44. The largest absolute Gasteiger partial charge is 0.326 e. The average molecular weight is 359 g/mol. The molecule has 1 N–H and O–H groups in total. The summed E-state index contributed by atoms with van der Waals surface area (Å²) in [7, 11) is 2.23. The normalized spacial score (nSPS) is 22.3. The fourth-order valence-corrected chi connectivity index (χ4v) is 4.28. The zero-order chi connectivity index (χ0) is 18.5. The van der Waals surface area contributed by atoms with Crippen molar-refractivity contribution in [3.63, 3.8) is 0 Å². The van der Waals surface area contributed by atoms with Gasteiger partial charge in [0, 0.05) is 51.4 Å². The molecule has 5 nitrogen and oxygen atoms in total. The highest BCUT2D eigenvalue weighted by molar-refractivity contribution is 5.88. The first-order chi connectivity index (χ1) is 12.5. The predicted octanol–water partition coefficient (Wildman–Crippen LogP) is 2.49. The molecule has 2 fully saturated rings. The molecule has 0 aromatic heterocycles. The van der Waals surface area contributed by atoms with Crippen molar-refractivity contribution in [2.45, 2.75) is 39.3 Å². The Bertz CT molecular complexity index is 572. The first kappa shape index (κ1) is 19.3. The zero-order valence-corrected chi connectivity index (χ0v) is 16.6. The van der Waals surface area contributed by atoms with E-state index in [2.05, 4.69) is 46.1 Å². The maximum Gasteiger partial charge on any atom is 0.221 e. The molecule has 2 heterocycles. The number of piperazine rings is 1. The van der Waals surface area contributed by atoms with E-state index in [9.17, 15) is 4.79 Å². The van der Waals surface area contributed by atoms with Crippen LogP contribution in [0.1, 0.15) is 32.3 Å². The minimum absolute atomic E-state index is 0.0192. The van der Waals surface area contributed by atoms with Gasteiger partial charge in [0.05, 0.1) is 0 Å². The van der Waals surface area contributed by atoms with Gasteiger partial charge < -0.3 is 10.2 Å². The molecule has 1 aromatic rings. The van der Waals surface area contributed by atoms with Gasteiger partial charge in [-0.1, -0.05) is 12.1 Å². The lowest BCUT2D eigenvalue weighted by atomic mass is 9.89. The first-order valence-electron chi connectivity index (χ1n) is 10.0. The van der Waals surface area contributed by atoms with E-state index in [1.54, 1.807) is 6.92 Å². The maximum absolute atomic E-state index is 11.1. The number of hydrogen-bond donors (Lipinski definition) is 1. The molecule has 5 heteroatoms. The monoisotopic (exact) mass is 358 g/mol. The molecule has 26 heavy (non-hydrogen) atoms. The molecule has 0 aliphatic carbocycles. The summed E-state index contributed by atoms with van der Waals surface area (Å²) in [6.45, 7) is 12.2. The number of nitrogens with one attached hydrogen (secondary N) is 1. The van der Waals surface area contributed by atoms with Gasteiger partial charge >= 0.3 is 0 Å². The molecule has 1 aromatic carbocycles. The zero-order valence-electron chi connectivity index (χ0n) is 16.6. The van der Waals surface area contributed by atoms with Gasteiger partial charge in [0.1, 0.15) is 0 Å². The number of anilines is 1. The molecule has 1 amide bonds. The predicted molar refractivity (Wildman–Crippen MR) is 107 cm³/mol. The smallest absolute Gasteiger partial charge is 0.221 e. The maximum atomic E-state index is 11.1. The van der Waals surface area contributed by atoms with Gasteiger partial charge in [0.15, 0.2) is 0 Å². The van der Waals surface area contributed by atoms with Crippen molar-refractivity contribution in [3.05, 3.63) is 29.8 Å². The topological polar surface area (TPSA) is 38.8 Å². The van der Waals surface area contributed by atoms with Crippen LogP contribution < -0.4 is 5.32 Å². The number of carbonyl (C=O) groups is 1. The number of carbonyl (C=O) groups excluding carboxylic acids is 1. The van der Waals surface area contributed by atoms with Gasteiger partial charge in [-0.2, -0.15) is 0 Å². The molecule has 2 aliphatic heterocycles. The van der Waals surface area contributed by atoms with Gasteiger partial charge in [-0.15, -0.1) is 0 Å². The Labute approximate surface area is 158 Å². The van der Waals surface area contributed by atoms with Crippen LogP contribution in [0, 0.1) is 5.92 Å². The van der Waals surface area contributed by atoms with E-state index in [4.69, 9.17) is 0 Å². The summed E-state index contributed by atoms with van der Waals surface area (Å²) in [5.74, 6) is 0.811. The van der Waals surface area contributed by atoms with Gasteiger partial charge in [-0.3, -0.25) is 14.6 Å². The minimum atomic E-state index is -0.0192. The lowest BCUT2D eigenvalue weighted by Gasteiger charge is -2.42. The highest BCUT2D eigenvalue weighted by atomic mass is 16.1. The number of nitrogens with zero attached hydrogens (tertiary/aromatic N) is 3. The second-order valence-corrected chi connectivity index (χ2v) is 8.07. The fourth-order valence-electron chi connectivity index (χ4n) is 4.28. The van der Waals surface area contributed by atoms with Crippen LogP contribution in [0.3, 0.4) is 0 Å². The third-order valence-electron chi connectivity index (χ3n) is 6.11. The number of benzene rings is 1. The van der Waals surface area contributed by atoms with Crippen molar-refractivity contribution >= 4 is 11.6 Å². The molecule has 0 radical (unpaired) electrons. The van der Waals surface area contributed by atoms with Crippen LogP contribution in [-0.2, 0) is 11.3 Å². The van der Waals surface area contributed by atoms with Gasteiger partial charge in [-0.25, -0.2) is 0 Å². The molecule has 0 saturated carbocycles. The van der Waals surface area contributed by atoms with Crippen molar-refractivity contribution in [3.8, 4) is 0 Å². The lowest BCUT2D eigenvalue weighted by molar-refractivity contribution is -0.114. The van der Waals surface area contributed by atoms with E-state index >= 15 is 0 Å². The molecule has 3 rings (SSSR count). The number of piperidine rings is 1. The number of amides is 1. The highest BCUT2D eigenvalue weighted by Crippen LogP contribution is 2.26. The van der Waals surface area contributed by atoms with E-state index in [0.29, 0.717) is 6.04 Å². The number of rotatable bonds is 5. The Morgan fingerprint density at radius 2 is 1.69 bits per heavy atom. The van der Waals surface area contributed by atoms with Crippen molar-refractivity contribution in [2.24, 2.45) is 5.92 Å². The molecule has 1 atom stereocenters. The van der Waals surface area contributed by atoms with Crippen molar-refractivity contribution in [1.29, 1.82) is 0 Å². The second kappa shape index (κ2) is 8.98. The average Bonchev–Trinajstić information content (AvgIpc) is 2.64. The van der Waals surface area contributed by atoms with Crippen LogP contribution >= 0.6 is 0 Å². The van der Waals surface area contributed by atoms with E-state index in [0.717, 1.165) is 18.2 Å². The Hall–Kier alpha value is -1.43. The van der Waals surface area contributed by atoms with Crippen LogP contribution in [0.4, 0.5) is 5.69 Å². The fraction of sp³-hybridized carbons (Fsp3) is 0.667. The Morgan fingerprint density at radius 1 is 1.08 bits per heavy atom. The molecular formula is C21H34N4O. The summed E-state index contributed by atoms with van der Waals surface area (Å²) in [5, 5.41) is 2.83. The molecule has 0 bridgehead atoms. The Morgan fingerprint density at radius 3 is 2.27 bits per heavy atom. The summed E-state index contributed by atoms with van der Waals surface area (Å²) in [4.78, 5) is 18.8. The summed E-state index contributed by atoms with van der Waals surface area (Å²) in [6, 6.07) is 8.97. The van der Waals surface area contributed by atoms with Crippen LogP contribution in [0.15, 0.2) is 24.3 Å². The Kier molecular flexibility index (Phi) is 6.68. The van der Waals surface area contributed by atoms with Gasteiger partial charge in [-0.05, 0) is 63.5 Å². The van der Waals surface area contributed by atoms with Crippen LogP contribution in [0.2, 0.25) is 0 Å². The molecule has 144 valence electrons. The molecule has 0 unspecified atom stereocenters. The third kappa shape index (κ3) is 5.29. The van der Waals surface area contributed by atoms with Crippen molar-refractivity contribution < 1.29 is 4.79 Å². The summed E-state index contributed by atoms with van der Waals surface area (Å²) >= 11 is 0. The molecule has 2 saturated heterocycles. The second-order valence-electron chi connectivity index (χ2n) is 8.07. The van der Waals surface area contributed by atoms with Crippen molar-refractivity contribution in [1.82, 2.24) is 14.7 Å². The third-order valence-corrected chi connectivity index (χ3v) is 6.11. The summed E-state index contributed by atoms with van der Waals surface area (Å²) in [5.41, 5.74) is 2.20. The number of hydrogen-bond acceptors (Lipinski definition) is 4. The van der Waals surface area contributed by atoms with E-state index < -0.39 is 0 Å². The van der Waals surface area contributed by atoms with Gasteiger partial charge in [0.25, 0.3) is 0 Å². The SMILES string of the molecule is CC(=O)Nc1ccc(CN2CCC([C@H](C)N3CCN(C)CC3)CC2)cc1. The molecule has 0 spiro atoms. The molecular weight excluding hydrogens is 324 g/mol. The highest BCUT2D eigenvalue weighted by Gasteiger charge is 2.29. The lowest BCUT2D eigenvalue weighted by Crippen LogP contribution is -2.51. The van der Waals surface area contributed by atoms with Crippen LogP contribution in [0.25, 0.3) is 0 Å². The van der Waals surface area contributed by atoms with E-state index in [1.807, 2.05) is 12.1 Å². The number of likely N-dealkylation sites (N-methyl/N-ethyl adjacent to an activating group) is 1. The summed E-state index contributed by atoms with van der Waals surface area (Å²) in [6.07, 6.45) is 2.61.